The molecule has 1 aromatic heterocycles. The Balaban J connectivity index is 1.65. The predicted molar refractivity (Wildman–Crippen MR) is 99.9 cm³/mol. The van der Waals surface area contributed by atoms with Gasteiger partial charge in [-0.3, -0.25) is 0 Å². The highest BCUT2D eigenvalue weighted by Crippen LogP contribution is 2.26. The van der Waals surface area contributed by atoms with Crippen molar-refractivity contribution in [3.63, 3.8) is 0 Å². The summed E-state index contributed by atoms with van der Waals surface area (Å²) < 4.78 is 0. The number of nitrogens with zero attached hydrogens (tertiary/aromatic N) is 1. The quantitative estimate of drug-likeness (QED) is 0.639. The van der Waals surface area contributed by atoms with E-state index in [9.17, 15) is 0 Å². The molecule has 0 saturated heterocycles. The number of nitrogens with one attached hydrogen (secondary N) is 1. The summed E-state index contributed by atoms with van der Waals surface area (Å²) in [4.78, 5) is 5.76. The third-order valence-corrected chi connectivity index (χ3v) is 5.00. The molecule has 2 aromatic carbocycles. The van der Waals surface area contributed by atoms with E-state index in [-0.39, 0.29) is 12.6 Å². The van der Waals surface area contributed by atoms with Crippen molar-refractivity contribution in [3.05, 3.63) is 77.3 Å². The van der Waals surface area contributed by atoms with Crippen LogP contribution < -0.4 is 5.32 Å². The maximum Gasteiger partial charge on any atom is 0.123 e. The molecule has 4 heteroatoms. The summed E-state index contributed by atoms with van der Waals surface area (Å²) in [6.45, 7) is 1.01. The van der Waals surface area contributed by atoms with Crippen molar-refractivity contribution >= 4 is 11.3 Å². The van der Waals surface area contributed by atoms with E-state index >= 15 is 0 Å². The van der Waals surface area contributed by atoms with E-state index in [2.05, 4.69) is 46.7 Å². The Morgan fingerprint density at radius 1 is 1.00 bits per heavy atom. The molecule has 0 aliphatic carbocycles. The fourth-order valence-electron chi connectivity index (χ4n) is 2.69. The molecule has 1 unspecified atom stereocenters. The summed E-state index contributed by atoms with van der Waals surface area (Å²) >= 11 is 1.72. The van der Waals surface area contributed by atoms with Crippen LogP contribution in [0, 0.1) is 0 Å². The first-order valence-corrected chi connectivity index (χ1v) is 9.08. The van der Waals surface area contributed by atoms with Gasteiger partial charge in [0.15, 0.2) is 0 Å². The maximum absolute atomic E-state index is 9.14. The minimum atomic E-state index is 0.226. The Morgan fingerprint density at radius 2 is 1.71 bits per heavy atom. The molecule has 3 rings (SSSR count). The van der Waals surface area contributed by atoms with Crippen molar-refractivity contribution in [2.24, 2.45) is 0 Å². The summed E-state index contributed by atoms with van der Waals surface area (Å²) in [5, 5.41) is 13.8. The maximum atomic E-state index is 9.14. The molecule has 0 saturated carbocycles. The van der Waals surface area contributed by atoms with Gasteiger partial charge in [-0.1, -0.05) is 60.7 Å². The van der Waals surface area contributed by atoms with Gasteiger partial charge in [0, 0.05) is 35.8 Å². The van der Waals surface area contributed by atoms with Gasteiger partial charge >= 0.3 is 0 Å². The minimum absolute atomic E-state index is 0.226. The van der Waals surface area contributed by atoms with Crippen LogP contribution in [0.2, 0.25) is 0 Å². The van der Waals surface area contributed by atoms with Gasteiger partial charge in [0.1, 0.15) is 5.01 Å². The SMILES string of the molecule is OCCCC(NCc1cnc(-c2ccccc2)s1)c1ccccc1. The molecule has 0 radical (unpaired) electrons. The zero-order valence-corrected chi connectivity index (χ0v) is 14.4. The molecule has 2 N–H and O–H groups in total. The van der Waals surface area contributed by atoms with Gasteiger partial charge in [0.2, 0.25) is 0 Å². The van der Waals surface area contributed by atoms with Crippen LogP contribution in [0.15, 0.2) is 66.9 Å². The number of aliphatic hydroxyl groups excluding tert-OH is 1. The molecular formula is C20H22N2OS. The van der Waals surface area contributed by atoms with E-state index < -0.39 is 0 Å². The molecule has 3 aromatic rings. The van der Waals surface area contributed by atoms with Gasteiger partial charge in [-0.05, 0) is 18.4 Å². The van der Waals surface area contributed by atoms with E-state index in [4.69, 9.17) is 5.11 Å². The lowest BCUT2D eigenvalue weighted by atomic mass is 10.0. The molecular weight excluding hydrogens is 316 g/mol. The topological polar surface area (TPSA) is 45.1 Å². The highest BCUT2D eigenvalue weighted by molar-refractivity contribution is 7.15. The zero-order valence-electron chi connectivity index (χ0n) is 13.6. The van der Waals surface area contributed by atoms with Crippen LogP contribution in [-0.2, 0) is 6.54 Å². The largest absolute Gasteiger partial charge is 0.396 e. The molecule has 0 fully saturated rings. The van der Waals surface area contributed by atoms with E-state index in [1.165, 1.54) is 10.4 Å². The summed E-state index contributed by atoms with van der Waals surface area (Å²) in [6.07, 6.45) is 3.67. The summed E-state index contributed by atoms with van der Waals surface area (Å²) in [6, 6.07) is 20.9. The molecule has 1 heterocycles. The standard InChI is InChI=1S/C20H22N2OS/c23-13-7-12-19(16-8-3-1-4-9-16)21-14-18-15-22-20(24-18)17-10-5-2-6-11-17/h1-6,8-11,15,19,21,23H,7,12-14H2. The lowest BCUT2D eigenvalue weighted by Gasteiger charge is -2.18. The minimum Gasteiger partial charge on any atom is -0.396 e. The van der Waals surface area contributed by atoms with Crippen LogP contribution >= 0.6 is 11.3 Å². The molecule has 24 heavy (non-hydrogen) atoms. The lowest BCUT2D eigenvalue weighted by molar-refractivity contribution is 0.275. The van der Waals surface area contributed by atoms with E-state index in [0.717, 1.165) is 30.0 Å². The molecule has 0 bridgehead atoms. The highest BCUT2D eigenvalue weighted by atomic mass is 32.1. The number of rotatable bonds is 8. The highest BCUT2D eigenvalue weighted by Gasteiger charge is 2.11. The Labute approximate surface area is 147 Å². The smallest absolute Gasteiger partial charge is 0.123 e. The Bertz CT molecular complexity index is 728. The van der Waals surface area contributed by atoms with Crippen LogP contribution in [0.25, 0.3) is 10.6 Å². The first-order chi connectivity index (χ1) is 11.9. The predicted octanol–water partition coefficient (Wildman–Crippen LogP) is 4.41. The second kappa shape index (κ2) is 8.73. The average molecular weight is 338 g/mol. The lowest BCUT2D eigenvalue weighted by Crippen LogP contribution is -2.20. The molecule has 0 spiro atoms. The fourth-order valence-corrected chi connectivity index (χ4v) is 3.56. The average Bonchev–Trinajstić information content (AvgIpc) is 3.12. The number of aromatic nitrogens is 1. The van der Waals surface area contributed by atoms with Crippen molar-refractivity contribution in [2.45, 2.75) is 25.4 Å². The van der Waals surface area contributed by atoms with Crippen molar-refractivity contribution in [2.75, 3.05) is 6.61 Å². The summed E-state index contributed by atoms with van der Waals surface area (Å²) in [5.74, 6) is 0. The molecule has 0 amide bonds. The Hall–Kier alpha value is -2.01. The fraction of sp³-hybridized carbons (Fsp3) is 0.250. The second-order valence-corrected chi connectivity index (χ2v) is 6.82. The van der Waals surface area contributed by atoms with Crippen molar-refractivity contribution in [1.29, 1.82) is 0 Å². The third kappa shape index (κ3) is 4.51. The van der Waals surface area contributed by atoms with Crippen molar-refractivity contribution < 1.29 is 5.11 Å². The Morgan fingerprint density at radius 3 is 2.42 bits per heavy atom. The number of hydrogen-bond donors (Lipinski definition) is 2. The number of benzene rings is 2. The number of hydrogen-bond acceptors (Lipinski definition) is 4. The van der Waals surface area contributed by atoms with Crippen molar-refractivity contribution in [1.82, 2.24) is 10.3 Å². The molecule has 124 valence electrons. The second-order valence-electron chi connectivity index (χ2n) is 5.71. The molecule has 1 atom stereocenters. The van der Waals surface area contributed by atoms with Crippen LogP contribution in [0.3, 0.4) is 0 Å². The van der Waals surface area contributed by atoms with Crippen LogP contribution in [-0.4, -0.2) is 16.7 Å². The normalized spacial score (nSPS) is 12.2. The zero-order chi connectivity index (χ0) is 16.6. The first-order valence-electron chi connectivity index (χ1n) is 8.26. The first kappa shape index (κ1) is 16.8. The number of aliphatic hydroxyl groups is 1. The third-order valence-electron chi connectivity index (χ3n) is 3.95. The van der Waals surface area contributed by atoms with Crippen LogP contribution in [0.1, 0.15) is 29.3 Å². The van der Waals surface area contributed by atoms with Gasteiger partial charge in [-0.15, -0.1) is 11.3 Å². The molecule has 0 aliphatic heterocycles. The molecule has 3 nitrogen and oxygen atoms in total. The van der Waals surface area contributed by atoms with Crippen molar-refractivity contribution in [3.8, 4) is 10.6 Å². The summed E-state index contributed by atoms with van der Waals surface area (Å²) in [5.41, 5.74) is 2.42. The van der Waals surface area contributed by atoms with E-state index in [0.29, 0.717) is 0 Å². The van der Waals surface area contributed by atoms with Crippen LogP contribution in [0.4, 0.5) is 0 Å². The van der Waals surface area contributed by atoms with Gasteiger partial charge in [0.25, 0.3) is 0 Å². The van der Waals surface area contributed by atoms with Crippen LogP contribution in [0.5, 0.6) is 0 Å². The monoisotopic (exact) mass is 338 g/mol. The van der Waals surface area contributed by atoms with E-state index in [1.807, 2.05) is 30.5 Å². The van der Waals surface area contributed by atoms with Gasteiger partial charge in [0.05, 0.1) is 0 Å². The van der Waals surface area contributed by atoms with E-state index in [1.54, 1.807) is 11.3 Å². The Kier molecular flexibility index (Phi) is 6.13. The van der Waals surface area contributed by atoms with Gasteiger partial charge in [-0.25, -0.2) is 4.98 Å². The molecule has 0 aliphatic rings. The van der Waals surface area contributed by atoms with Gasteiger partial charge < -0.3 is 10.4 Å². The summed E-state index contributed by atoms with van der Waals surface area (Å²) in [7, 11) is 0. The van der Waals surface area contributed by atoms with Gasteiger partial charge in [-0.2, -0.15) is 0 Å². The number of thiazole rings is 1.